The predicted molar refractivity (Wildman–Crippen MR) is 68.5 cm³/mol. The van der Waals surface area contributed by atoms with Gasteiger partial charge in [-0.15, -0.1) is 0 Å². The standard InChI is InChI=1S/C14H15F2N3/c1-2-18-14(13-5-6-17-9-19-13)8-10-3-4-11(15)12(16)7-10/h3-7,9,14,18H,2,8H2,1H3. The highest BCUT2D eigenvalue weighted by Crippen LogP contribution is 2.17. The lowest BCUT2D eigenvalue weighted by molar-refractivity contribution is 0.501. The van der Waals surface area contributed by atoms with Crippen LogP contribution < -0.4 is 5.32 Å². The largest absolute Gasteiger partial charge is 0.309 e. The molecule has 0 aliphatic carbocycles. The molecular weight excluding hydrogens is 248 g/mol. The average Bonchev–Trinajstić information content (AvgIpc) is 2.43. The zero-order valence-corrected chi connectivity index (χ0v) is 10.6. The van der Waals surface area contributed by atoms with Crippen LogP contribution in [0.5, 0.6) is 0 Å². The normalized spacial score (nSPS) is 12.4. The van der Waals surface area contributed by atoms with Gasteiger partial charge in [0.05, 0.1) is 11.7 Å². The van der Waals surface area contributed by atoms with E-state index >= 15 is 0 Å². The van der Waals surface area contributed by atoms with Crippen molar-refractivity contribution < 1.29 is 8.78 Å². The summed E-state index contributed by atoms with van der Waals surface area (Å²) in [6.07, 6.45) is 3.69. The number of aromatic nitrogens is 2. The smallest absolute Gasteiger partial charge is 0.159 e. The minimum absolute atomic E-state index is 0.0436. The van der Waals surface area contributed by atoms with Gasteiger partial charge in [-0.25, -0.2) is 18.7 Å². The van der Waals surface area contributed by atoms with Crippen molar-refractivity contribution in [3.63, 3.8) is 0 Å². The summed E-state index contributed by atoms with van der Waals surface area (Å²) in [6, 6.07) is 5.73. The van der Waals surface area contributed by atoms with E-state index in [2.05, 4.69) is 15.3 Å². The van der Waals surface area contributed by atoms with Gasteiger partial charge in [0, 0.05) is 6.20 Å². The van der Waals surface area contributed by atoms with Crippen LogP contribution in [0.2, 0.25) is 0 Å². The number of nitrogens with zero attached hydrogens (tertiary/aromatic N) is 2. The molecule has 0 radical (unpaired) electrons. The summed E-state index contributed by atoms with van der Waals surface area (Å²) in [5.41, 5.74) is 1.56. The number of hydrogen-bond acceptors (Lipinski definition) is 3. The molecule has 19 heavy (non-hydrogen) atoms. The van der Waals surface area contributed by atoms with E-state index in [0.717, 1.165) is 23.9 Å². The van der Waals surface area contributed by atoms with Crippen molar-refractivity contribution >= 4 is 0 Å². The van der Waals surface area contributed by atoms with Crippen LogP contribution in [0.3, 0.4) is 0 Å². The molecule has 1 N–H and O–H groups in total. The Labute approximate surface area is 110 Å². The molecule has 0 saturated carbocycles. The van der Waals surface area contributed by atoms with Crippen LogP contribution in [-0.2, 0) is 6.42 Å². The van der Waals surface area contributed by atoms with Gasteiger partial charge in [0.2, 0.25) is 0 Å². The Hall–Kier alpha value is -1.88. The third kappa shape index (κ3) is 3.54. The summed E-state index contributed by atoms with van der Waals surface area (Å²) >= 11 is 0. The van der Waals surface area contributed by atoms with Crippen molar-refractivity contribution in [1.29, 1.82) is 0 Å². The first-order valence-corrected chi connectivity index (χ1v) is 6.14. The summed E-state index contributed by atoms with van der Waals surface area (Å²) in [5.74, 6) is -1.65. The molecule has 0 bridgehead atoms. The Bertz CT molecular complexity index is 531. The Morgan fingerprint density at radius 3 is 2.68 bits per heavy atom. The van der Waals surface area contributed by atoms with Gasteiger partial charge >= 0.3 is 0 Å². The fourth-order valence-electron chi connectivity index (χ4n) is 1.94. The van der Waals surface area contributed by atoms with Crippen LogP contribution in [0, 0.1) is 11.6 Å². The lowest BCUT2D eigenvalue weighted by atomic mass is 10.0. The molecule has 1 aromatic carbocycles. The SMILES string of the molecule is CCNC(Cc1ccc(F)c(F)c1)c1ccncn1. The summed E-state index contributed by atoms with van der Waals surface area (Å²) in [7, 11) is 0. The minimum Gasteiger partial charge on any atom is -0.309 e. The predicted octanol–water partition coefficient (Wildman–Crippen LogP) is 2.65. The average molecular weight is 263 g/mol. The van der Waals surface area contributed by atoms with E-state index in [1.54, 1.807) is 12.3 Å². The Balaban J connectivity index is 2.19. The van der Waals surface area contributed by atoms with Gasteiger partial charge < -0.3 is 5.32 Å². The molecule has 0 amide bonds. The van der Waals surface area contributed by atoms with Crippen molar-refractivity contribution in [2.45, 2.75) is 19.4 Å². The molecule has 100 valence electrons. The van der Waals surface area contributed by atoms with Gasteiger partial charge in [0.25, 0.3) is 0 Å². The van der Waals surface area contributed by atoms with E-state index < -0.39 is 11.6 Å². The van der Waals surface area contributed by atoms with E-state index in [9.17, 15) is 8.78 Å². The van der Waals surface area contributed by atoms with Gasteiger partial charge in [-0.05, 0) is 36.7 Å². The molecule has 1 heterocycles. The molecule has 0 fully saturated rings. The number of hydrogen-bond donors (Lipinski definition) is 1. The van der Waals surface area contributed by atoms with Crippen LogP contribution in [0.15, 0.2) is 36.8 Å². The lowest BCUT2D eigenvalue weighted by Crippen LogP contribution is -2.24. The van der Waals surface area contributed by atoms with Gasteiger partial charge in [-0.3, -0.25) is 0 Å². The van der Waals surface area contributed by atoms with Crippen LogP contribution >= 0.6 is 0 Å². The first-order chi connectivity index (χ1) is 9.20. The van der Waals surface area contributed by atoms with Gasteiger partial charge in [-0.2, -0.15) is 0 Å². The van der Waals surface area contributed by atoms with E-state index in [1.807, 2.05) is 13.0 Å². The van der Waals surface area contributed by atoms with Gasteiger partial charge in [0.1, 0.15) is 6.33 Å². The maximum atomic E-state index is 13.2. The quantitative estimate of drug-likeness (QED) is 0.901. The second-order valence-electron chi connectivity index (χ2n) is 4.20. The molecule has 2 aromatic rings. The lowest BCUT2D eigenvalue weighted by Gasteiger charge is -2.17. The molecule has 0 aliphatic heterocycles. The van der Waals surface area contributed by atoms with E-state index in [-0.39, 0.29) is 6.04 Å². The summed E-state index contributed by atoms with van der Waals surface area (Å²) < 4.78 is 26.1. The van der Waals surface area contributed by atoms with Gasteiger partial charge in [0.15, 0.2) is 11.6 Å². The van der Waals surface area contributed by atoms with Gasteiger partial charge in [-0.1, -0.05) is 13.0 Å². The number of halogens is 2. The highest BCUT2D eigenvalue weighted by molar-refractivity contribution is 5.21. The fraction of sp³-hybridized carbons (Fsp3) is 0.286. The molecule has 0 aliphatic rings. The van der Waals surface area contributed by atoms with E-state index in [1.165, 1.54) is 12.4 Å². The van der Waals surface area contributed by atoms with Crippen LogP contribution in [0.4, 0.5) is 8.78 Å². The summed E-state index contributed by atoms with van der Waals surface area (Å²) in [6.45, 7) is 2.75. The zero-order chi connectivity index (χ0) is 13.7. The Morgan fingerprint density at radius 2 is 2.05 bits per heavy atom. The maximum absolute atomic E-state index is 13.2. The highest BCUT2D eigenvalue weighted by Gasteiger charge is 2.13. The van der Waals surface area contributed by atoms with Crippen molar-refractivity contribution in [1.82, 2.24) is 15.3 Å². The zero-order valence-electron chi connectivity index (χ0n) is 10.6. The minimum atomic E-state index is -0.828. The molecule has 1 aromatic heterocycles. The van der Waals surface area contributed by atoms with Crippen molar-refractivity contribution in [2.75, 3.05) is 6.54 Å². The Morgan fingerprint density at radius 1 is 1.21 bits per heavy atom. The summed E-state index contributed by atoms with van der Waals surface area (Å²) in [5, 5.41) is 3.27. The fourth-order valence-corrected chi connectivity index (χ4v) is 1.94. The number of rotatable bonds is 5. The number of nitrogens with one attached hydrogen (secondary N) is 1. The molecule has 2 rings (SSSR count). The molecule has 0 spiro atoms. The second kappa shape index (κ2) is 6.33. The summed E-state index contributed by atoms with van der Waals surface area (Å²) in [4.78, 5) is 8.06. The van der Waals surface area contributed by atoms with Crippen LogP contribution in [0.1, 0.15) is 24.2 Å². The van der Waals surface area contributed by atoms with Crippen LogP contribution in [0.25, 0.3) is 0 Å². The molecular formula is C14H15F2N3. The van der Waals surface area contributed by atoms with Crippen molar-refractivity contribution in [2.24, 2.45) is 0 Å². The second-order valence-corrected chi connectivity index (χ2v) is 4.20. The van der Waals surface area contributed by atoms with Crippen molar-refractivity contribution in [3.8, 4) is 0 Å². The molecule has 1 atom stereocenters. The van der Waals surface area contributed by atoms with Crippen molar-refractivity contribution in [3.05, 3.63) is 59.7 Å². The molecule has 3 nitrogen and oxygen atoms in total. The molecule has 5 heteroatoms. The topological polar surface area (TPSA) is 37.8 Å². The Kier molecular flexibility index (Phi) is 4.52. The van der Waals surface area contributed by atoms with Crippen LogP contribution in [-0.4, -0.2) is 16.5 Å². The van der Waals surface area contributed by atoms with E-state index in [4.69, 9.17) is 0 Å². The molecule has 0 saturated heterocycles. The maximum Gasteiger partial charge on any atom is 0.159 e. The van der Waals surface area contributed by atoms with E-state index in [0.29, 0.717) is 6.42 Å². The first-order valence-electron chi connectivity index (χ1n) is 6.14. The first kappa shape index (κ1) is 13.5. The third-order valence-electron chi connectivity index (χ3n) is 2.84. The number of benzene rings is 1. The third-order valence-corrected chi connectivity index (χ3v) is 2.84. The number of likely N-dealkylation sites (N-methyl/N-ethyl adjacent to an activating group) is 1. The monoisotopic (exact) mass is 263 g/mol. The molecule has 1 unspecified atom stereocenters. The highest BCUT2D eigenvalue weighted by atomic mass is 19.2.